The molecule has 0 saturated carbocycles. The lowest BCUT2D eigenvalue weighted by Gasteiger charge is -2.20. The predicted octanol–water partition coefficient (Wildman–Crippen LogP) is 3.46. The van der Waals surface area contributed by atoms with Crippen molar-refractivity contribution in [3.8, 4) is 0 Å². The van der Waals surface area contributed by atoms with E-state index in [1.807, 2.05) is 20.2 Å². The van der Waals surface area contributed by atoms with Gasteiger partial charge >= 0.3 is 6.18 Å². The zero-order valence-corrected chi connectivity index (χ0v) is 12.1. The van der Waals surface area contributed by atoms with Gasteiger partial charge in [0.2, 0.25) is 0 Å². The summed E-state index contributed by atoms with van der Waals surface area (Å²) in [4.78, 5) is 2.15. The maximum Gasteiger partial charge on any atom is 0.416 e. The van der Waals surface area contributed by atoms with Gasteiger partial charge in [-0.1, -0.05) is 19.1 Å². The molecule has 0 aliphatic rings. The van der Waals surface area contributed by atoms with Gasteiger partial charge in [0, 0.05) is 31.9 Å². The number of halogens is 3. The van der Waals surface area contributed by atoms with E-state index in [1.54, 1.807) is 10.9 Å². The minimum atomic E-state index is -4.28. The van der Waals surface area contributed by atoms with Crippen molar-refractivity contribution in [3.05, 3.63) is 53.3 Å². The van der Waals surface area contributed by atoms with E-state index in [4.69, 9.17) is 0 Å². The first-order chi connectivity index (χ1) is 9.88. The molecule has 114 valence electrons. The van der Waals surface area contributed by atoms with Crippen molar-refractivity contribution in [2.75, 3.05) is 6.54 Å². The summed E-state index contributed by atoms with van der Waals surface area (Å²) in [7, 11) is 1.86. The van der Waals surface area contributed by atoms with E-state index in [0.29, 0.717) is 6.54 Å². The van der Waals surface area contributed by atoms with Crippen LogP contribution in [0.4, 0.5) is 13.2 Å². The summed E-state index contributed by atoms with van der Waals surface area (Å²) in [6.07, 6.45) is -0.538. The van der Waals surface area contributed by atoms with E-state index in [-0.39, 0.29) is 0 Å². The van der Waals surface area contributed by atoms with E-state index in [0.717, 1.165) is 36.3 Å². The fourth-order valence-electron chi connectivity index (χ4n) is 2.15. The Morgan fingerprint density at radius 1 is 1.10 bits per heavy atom. The van der Waals surface area contributed by atoms with Gasteiger partial charge in [-0.15, -0.1) is 0 Å². The Bertz CT molecular complexity index is 573. The first-order valence-corrected chi connectivity index (χ1v) is 6.74. The Morgan fingerprint density at radius 2 is 1.71 bits per heavy atom. The SMILES string of the molecule is CCN(Cc1ccc(C(F)(F)F)cc1)Cc1cnn(C)c1. The fraction of sp³-hybridized carbons (Fsp3) is 0.400. The number of nitrogens with zero attached hydrogens (tertiary/aromatic N) is 3. The highest BCUT2D eigenvalue weighted by Crippen LogP contribution is 2.29. The second kappa shape index (κ2) is 6.30. The molecular formula is C15H18F3N3. The molecule has 0 atom stereocenters. The highest BCUT2D eigenvalue weighted by molar-refractivity contribution is 5.24. The number of hydrogen-bond donors (Lipinski definition) is 0. The second-order valence-electron chi connectivity index (χ2n) is 5.02. The summed E-state index contributed by atoms with van der Waals surface area (Å²) >= 11 is 0. The predicted molar refractivity (Wildman–Crippen MR) is 74.4 cm³/mol. The van der Waals surface area contributed by atoms with Crippen molar-refractivity contribution < 1.29 is 13.2 Å². The van der Waals surface area contributed by atoms with E-state index >= 15 is 0 Å². The molecular weight excluding hydrogens is 279 g/mol. The lowest BCUT2D eigenvalue weighted by Crippen LogP contribution is -2.22. The third-order valence-corrected chi connectivity index (χ3v) is 3.30. The molecule has 1 aromatic carbocycles. The molecule has 0 aliphatic heterocycles. The van der Waals surface area contributed by atoms with Crippen LogP contribution in [0.25, 0.3) is 0 Å². The van der Waals surface area contributed by atoms with Gasteiger partial charge in [0.05, 0.1) is 11.8 Å². The average molecular weight is 297 g/mol. The summed E-state index contributed by atoms with van der Waals surface area (Å²) < 4.78 is 39.3. The molecule has 6 heteroatoms. The summed E-state index contributed by atoms with van der Waals surface area (Å²) in [6.45, 7) is 4.19. The van der Waals surface area contributed by atoms with Gasteiger partial charge in [-0.3, -0.25) is 9.58 Å². The standard InChI is InChI=1S/C15H18F3N3/c1-3-21(11-13-8-19-20(2)9-13)10-12-4-6-14(7-5-12)15(16,17)18/h4-9H,3,10-11H2,1-2H3. The molecule has 0 N–H and O–H groups in total. The van der Waals surface area contributed by atoms with Gasteiger partial charge in [0.1, 0.15) is 0 Å². The smallest absolute Gasteiger partial charge is 0.295 e. The lowest BCUT2D eigenvalue weighted by molar-refractivity contribution is -0.137. The number of alkyl halides is 3. The van der Waals surface area contributed by atoms with Crippen molar-refractivity contribution >= 4 is 0 Å². The number of aromatic nitrogens is 2. The topological polar surface area (TPSA) is 21.1 Å². The van der Waals surface area contributed by atoms with Gasteiger partial charge in [0.15, 0.2) is 0 Å². The fourth-order valence-corrected chi connectivity index (χ4v) is 2.15. The lowest BCUT2D eigenvalue weighted by atomic mass is 10.1. The Balaban J connectivity index is 2.01. The third-order valence-electron chi connectivity index (χ3n) is 3.30. The quantitative estimate of drug-likeness (QED) is 0.842. The van der Waals surface area contributed by atoms with Crippen molar-refractivity contribution in [2.24, 2.45) is 7.05 Å². The molecule has 0 unspecified atom stereocenters. The van der Waals surface area contributed by atoms with E-state index in [1.165, 1.54) is 12.1 Å². The third kappa shape index (κ3) is 4.32. The zero-order chi connectivity index (χ0) is 15.5. The minimum Gasteiger partial charge on any atom is -0.295 e. The molecule has 0 bridgehead atoms. The monoisotopic (exact) mass is 297 g/mol. The van der Waals surface area contributed by atoms with Crippen LogP contribution in [0.5, 0.6) is 0 Å². The Hall–Kier alpha value is -1.82. The van der Waals surface area contributed by atoms with Crippen LogP contribution in [0.1, 0.15) is 23.6 Å². The van der Waals surface area contributed by atoms with Crippen LogP contribution < -0.4 is 0 Å². The molecule has 0 radical (unpaired) electrons. The Morgan fingerprint density at radius 3 is 2.19 bits per heavy atom. The molecule has 3 nitrogen and oxygen atoms in total. The molecule has 1 aromatic heterocycles. The zero-order valence-electron chi connectivity index (χ0n) is 12.1. The van der Waals surface area contributed by atoms with E-state index in [9.17, 15) is 13.2 Å². The molecule has 0 aliphatic carbocycles. The van der Waals surface area contributed by atoms with E-state index in [2.05, 4.69) is 10.00 Å². The largest absolute Gasteiger partial charge is 0.416 e. The van der Waals surface area contributed by atoms with Gasteiger partial charge in [-0.25, -0.2) is 0 Å². The van der Waals surface area contributed by atoms with Gasteiger partial charge < -0.3 is 0 Å². The molecule has 2 rings (SSSR count). The van der Waals surface area contributed by atoms with Crippen LogP contribution in [0.15, 0.2) is 36.7 Å². The summed E-state index contributed by atoms with van der Waals surface area (Å²) in [6, 6.07) is 5.34. The van der Waals surface area contributed by atoms with Crippen molar-refractivity contribution in [1.82, 2.24) is 14.7 Å². The molecule has 0 amide bonds. The van der Waals surface area contributed by atoms with Crippen molar-refractivity contribution in [1.29, 1.82) is 0 Å². The van der Waals surface area contributed by atoms with Crippen LogP contribution in [0.3, 0.4) is 0 Å². The first kappa shape index (κ1) is 15.6. The van der Waals surface area contributed by atoms with Gasteiger partial charge in [-0.05, 0) is 24.2 Å². The van der Waals surface area contributed by atoms with Crippen LogP contribution in [0.2, 0.25) is 0 Å². The Labute approximate surface area is 122 Å². The minimum absolute atomic E-state index is 0.610. The molecule has 21 heavy (non-hydrogen) atoms. The highest BCUT2D eigenvalue weighted by Gasteiger charge is 2.29. The number of rotatable bonds is 5. The maximum absolute atomic E-state index is 12.5. The Kier molecular flexibility index (Phi) is 4.67. The van der Waals surface area contributed by atoms with Crippen molar-refractivity contribution in [2.45, 2.75) is 26.2 Å². The molecule has 2 aromatic rings. The van der Waals surface area contributed by atoms with Gasteiger partial charge in [-0.2, -0.15) is 18.3 Å². The van der Waals surface area contributed by atoms with Gasteiger partial charge in [0.25, 0.3) is 0 Å². The summed E-state index contributed by atoms with van der Waals surface area (Å²) in [5.74, 6) is 0. The second-order valence-corrected chi connectivity index (χ2v) is 5.02. The highest BCUT2D eigenvalue weighted by atomic mass is 19.4. The van der Waals surface area contributed by atoms with Crippen LogP contribution >= 0.6 is 0 Å². The first-order valence-electron chi connectivity index (χ1n) is 6.74. The molecule has 1 heterocycles. The summed E-state index contributed by atoms with van der Waals surface area (Å²) in [5.41, 5.74) is 1.35. The van der Waals surface area contributed by atoms with Crippen LogP contribution in [-0.4, -0.2) is 21.2 Å². The van der Waals surface area contributed by atoms with E-state index < -0.39 is 11.7 Å². The number of benzene rings is 1. The van der Waals surface area contributed by atoms with Crippen molar-refractivity contribution in [3.63, 3.8) is 0 Å². The normalized spacial score (nSPS) is 12.1. The van der Waals surface area contributed by atoms with Crippen LogP contribution in [0, 0.1) is 0 Å². The average Bonchev–Trinajstić information content (AvgIpc) is 2.83. The number of aryl methyl sites for hydroxylation is 1. The summed E-state index contributed by atoms with van der Waals surface area (Å²) in [5, 5.41) is 4.11. The molecule has 0 spiro atoms. The van der Waals surface area contributed by atoms with Crippen LogP contribution in [-0.2, 0) is 26.3 Å². The molecule has 0 fully saturated rings. The molecule has 0 saturated heterocycles. The number of hydrogen-bond acceptors (Lipinski definition) is 2. The maximum atomic E-state index is 12.5.